The van der Waals surface area contributed by atoms with E-state index in [4.69, 9.17) is 16.3 Å². The van der Waals surface area contributed by atoms with E-state index >= 15 is 0 Å². The summed E-state index contributed by atoms with van der Waals surface area (Å²) >= 11 is 5.74. The zero-order valence-electron chi connectivity index (χ0n) is 10.2. The van der Waals surface area contributed by atoms with Gasteiger partial charge in [-0.1, -0.05) is 12.1 Å². The Morgan fingerprint density at radius 2 is 1.81 bits per heavy atom. The van der Waals surface area contributed by atoms with Gasteiger partial charge in [-0.25, -0.2) is 0 Å². The third-order valence-corrected chi connectivity index (χ3v) is 2.84. The molecule has 0 aliphatic carbocycles. The van der Waals surface area contributed by atoms with Crippen LogP contribution < -0.4 is 4.74 Å². The maximum atomic E-state index is 12.9. The maximum Gasteiger partial charge on any atom is 0.419 e. The Kier molecular flexibility index (Phi) is 3.17. The second kappa shape index (κ2) is 4.88. The molecule has 108 valence electrons. The van der Waals surface area contributed by atoms with Gasteiger partial charge in [0.15, 0.2) is 5.65 Å². The topological polar surface area (TPSA) is 52.3 Å². The molecule has 0 unspecified atom stereocenters. The van der Waals surface area contributed by atoms with E-state index in [1.165, 1.54) is 30.3 Å². The molecule has 0 saturated carbocycles. The Balaban J connectivity index is 2.01. The van der Waals surface area contributed by atoms with Gasteiger partial charge in [0.05, 0.1) is 5.56 Å². The molecule has 1 aromatic carbocycles. The Morgan fingerprint density at radius 3 is 2.57 bits per heavy atom. The molecule has 0 aliphatic heterocycles. The van der Waals surface area contributed by atoms with E-state index in [9.17, 15) is 13.2 Å². The fraction of sp³-hybridized carbons (Fsp3) is 0.0833. The van der Waals surface area contributed by atoms with E-state index < -0.39 is 11.7 Å². The van der Waals surface area contributed by atoms with Crippen molar-refractivity contribution in [1.29, 1.82) is 0 Å². The first kappa shape index (κ1) is 13.6. The van der Waals surface area contributed by atoms with Crippen LogP contribution in [0.3, 0.4) is 0 Å². The number of hydrogen-bond donors (Lipinski definition) is 0. The van der Waals surface area contributed by atoms with Gasteiger partial charge in [0.1, 0.15) is 5.75 Å². The van der Waals surface area contributed by atoms with Gasteiger partial charge in [-0.05, 0) is 29.8 Å². The highest BCUT2D eigenvalue weighted by atomic mass is 35.5. The van der Waals surface area contributed by atoms with Gasteiger partial charge in [0.2, 0.25) is 11.2 Å². The summed E-state index contributed by atoms with van der Waals surface area (Å²) in [4.78, 5) is 0. The van der Waals surface area contributed by atoms with Crippen LogP contribution in [0.1, 0.15) is 5.56 Å². The van der Waals surface area contributed by atoms with Crippen LogP contribution in [0.2, 0.25) is 5.28 Å². The number of rotatable bonds is 2. The van der Waals surface area contributed by atoms with Crippen molar-refractivity contribution in [3.05, 3.63) is 47.2 Å². The van der Waals surface area contributed by atoms with Crippen LogP contribution in [0.25, 0.3) is 5.65 Å². The number of ether oxygens (including phenoxy) is 1. The minimum atomic E-state index is -4.52. The van der Waals surface area contributed by atoms with Gasteiger partial charge in [0, 0.05) is 6.07 Å². The highest BCUT2D eigenvalue weighted by molar-refractivity contribution is 6.28. The van der Waals surface area contributed by atoms with Gasteiger partial charge in [-0.15, -0.1) is 15.3 Å². The predicted octanol–water partition coefficient (Wildman–Crippen LogP) is 3.59. The number of fused-ring (bicyclic) bond motifs is 1. The van der Waals surface area contributed by atoms with Crippen LogP contribution in [-0.2, 0) is 6.18 Å². The molecule has 2 aromatic heterocycles. The zero-order valence-corrected chi connectivity index (χ0v) is 10.9. The normalized spacial score (nSPS) is 11.8. The third-order valence-electron chi connectivity index (χ3n) is 2.61. The summed E-state index contributed by atoms with van der Waals surface area (Å²) in [6.07, 6.45) is -4.52. The number of hydrogen-bond acceptors (Lipinski definition) is 4. The molecule has 3 rings (SSSR count). The molecule has 0 N–H and O–H groups in total. The first-order valence-corrected chi connectivity index (χ1v) is 6.05. The molecule has 0 spiro atoms. The van der Waals surface area contributed by atoms with Crippen molar-refractivity contribution in [1.82, 2.24) is 19.8 Å². The molecule has 0 fully saturated rings. The molecule has 3 aromatic rings. The first-order valence-electron chi connectivity index (χ1n) is 5.67. The van der Waals surface area contributed by atoms with Crippen LogP contribution >= 0.6 is 11.6 Å². The van der Waals surface area contributed by atoms with Crippen molar-refractivity contribution in [3.63, 3.8) is 0 Å². The maximum absolute atomic E-state index is 12.9. The van der Waals surface area contributed by atoms with Crippen LogP contribution in [0.15, 0.2) is 36.4 Å². The number of halogens is 4. The fourth-order valence-corrected chi connectivity index (χ4v) is 1.86. The number of benzene rings is 1. The summed E-state index contributed by atoms with van der Waals surface area (Å²) < 4.78 is 45.0. The monoisotopic (exact) mass is 314 g/mol. The molecule has 5 nitrogen and oxygen atoms in total. The van der Waals surface area contributed by atoms with Crippen LogP contribution in [0.4, 0.5) is 13.2 Å². The summed E-state index contributed by atoms with van der Waals surface area (Å²) in [6.45, 7) is 0. The second-order valence-electron chi connectivity index (χ2n) is 4.01. The van der Waals surface area contributed by atoms with E-state index in [0.29, 0.717) is 5.65 Å². The van der Waals surface area contributed by atoms with Gasteiger partial charge < -0.3 is 4.74 Å². The summed E-state index contributed by atoms with van der Waals surface area (Å²) in [5.74, 6) is -0.401. The quantitative estimate of drug-likeness (QED) is 0.725. The molecule has 0 aliphatic rings. The molecule has 0 bridgehead atoms. The highest BCUT2D eigenvalue weighted by Gasteiger charge is 2.34. The first-order chi connectivity index (χ1) is 9.95. The van der Waals surface area contributed by atoms with E-state index in [1.54, 1.807) is 0 Å². The summed E-state index contributed by atoms with van der Waals surface area (Å²) in [6, 6.07) is 7.73. The fourth-order valence-electron chi connectivity index (χ4n) is 1.70. The SMILES string of the molecule is FC(F)(F)c1ccccc1Oc1ccc2nnc(Cl)n2n1. The summed E-state index contributed by atoms with van der Waals surface area (Å²) in [7, 11) is 0. The van der Waals surface area contributed by atoms with Crippen molar-refractivity contribution < 1.29 is 17.9 Å². The minimum Gasteiger partial charge on any atom is -0.437 e. The van der Waals surface area contributed by atoms with Crippen LogP contribution in [0.5, 0.6) is 11.6 Å². The molecular formula is C12H6ClF3N4O. The summed E-state index contributed by atoms with van der Waals surface area (Å²) in [5.41, 5.74) is -0.529. The van der Waals surface area contributed by atoms with Crippen molar-refractivity contribution >= 4 is 17.2 Å². The van der Waals surface area contributed by atoms with Crippen molar-refractivity contribution in [2.45, 2.75) is 6.18 Å². The van der Waals surface area contributed by atoms with E-state index in [1.807, 2.05) is 0 Å². The van der Waals surface area contributed by atoms with Gasteiger partial charge in [-0.3, -0.25) is 0 Å². The third kappa shape index (κ3) is 2.62. The van der Waals surface area contributed by atoms with Crippen LogP contribution in [0, 0.1) is 0 Å². The lowest BCUT2D eigenvalue weighted by Crippen LogP contribution is -2.07. The minimum absolute atomic E-state index is 0.0143. The van der Waals surface area contributed by atoms with Gasteiger partial charge in [-0.2, -0.15) is 17.7 Å². The average molecular weight is 315 g/mol. The molecule has 2 heterocycles. The largest absolute Gasteiger partial charge is 0.437 e. The zero-order chi connectivity index (χ0) is 15.0. The van der Waals surface area contributed by atoms with Crippen molar-refractivity contribution in [2.75, 3.05) is 0 Å². The van der Waals surface area contributed by atoms with Gasteiger partial charge in [0.25, 0.3) is 0 Å². The Bertz CT molecular complexity index is 803. The Labute approximate surface area is 120 Å². The predicted molar refractivity (Wildman–Crippen MR) is 67.3 cm³/mol. The number of nitrogens with zero attached hydrogens (tertiary/aromatic N) is 4. The smallest absolute Gasteiger partial charge is 0.419 e. The Hall–Kier alpha value is -2.35. The molecule has 0 radical (unpaired) electrons. The van der Waals surface area contributed by atoms with Crippen LogP contribution in [-0.4, -0.2) is 19.8 Å². The lowest BCUT2D eigenvalue weighted by molar-refractivity contribution is -0.138. The van der Waals surface area contributed by atoms with Crippen molar-refractivity contribution in [2.24, 2.45) is 0 Å². The van der Waals surface area contributed by atoms with E-state index in [-0.39, 0.29) is 16.9 Å². The molecule has 0 atom stereocenters. The van der Waals surface area contributed by atoms with E-state index in [0.717, 1.165) is 10.6 Å². The number of aromatic nitrogens is 4. The lowest BCUT2D eigenvalue weighted by atomic mass is 10.2. The average Bonchev–Trinajstić information content (AvgIpc) is 2.80. The second-order valence-corrected chi connectivity index (χ2v) is 4.34. The number of para-hydroxylation sites is 1. The number of alkyl halides is 3. The standard InChI is InChI=1S/C12H6ClF3N4O/c13-11-18-17-9-5-6-10(19-20(9)11)21-8-4-2-1-3-7(8)12(14,15)16/h1-6H. The molecular weight excluding hydrogens is 309 g/mol. The molecule has 0 amide bonds. The summed E-state index contributed by atoms with van der Waals surface area (Å²) in [5, 5.41) is 11.2. The molecule has 21 heavy (non-hydrogen) atoms. The lowest BCUT2D eigenvalue weighted by Gasteiger charge is -2.12. The Morgan fingerprint density at radius 1 is 1.05 bits per heavy atom. The highest BCUT2D eigenvalue weighted by Crippen LogP contribution is 2.37. The molecule has 9 heteroatoms. The van der Waals surface area contributed by atoms with Gasteiger partial charge >= 0.3 is 6.18 Å². The molecule has 0 saturated heterocycles. The van der Waals surface area contributed by atoms with E-state index in [2.05, 4.69) is 15.3 Å². The van der Waals surface area contributed by atoms with Crippen molar-refractivity contribution in [3.8, 4) is 11.6 Å².